The number of unbranched alkanes of at least 4 members (excludes halogenated alkanes) is 1. The Kier molecular flexibility index (Phi) is 8.49. The molecule has 1 amide bonds. The third-order valence-corrected chi connectivity index (χ3v) is 9.17. The molecule has 0 unspecified atom stereocenters. The highest BCUT2D eigenvalue weighted by molar-refractivity contribution is 7.31. The van der Waals surface area contributed by atoms with Crippen LogP contribution in [0, 0.1) is 0 Å². The maximum atomic E-state index is 12.7. The molecule has 206 valence electrons. The number of carboxylic acids is 1. The number of fused-ring (bicyclic) bond motifs is 1. The van der Waals surface area contributed by atoms with Crippen molar-refractivity contribution in [1.29, 1.82) is 0 Å². The first-order chi connectivity index (χ1) is 19.3. The number of carbonyl (C=O) groups is 2. The largest absolute Gasteiger partial charge is 0.481 e. The van der Waals surface area contributed by atoms with Gasteiger partial charge in [-0.15, -0.1) is 27.8 Å². The predicted molar refractivity (Wildman–Crippen MR) is 160 cm³/mol. The molecule has 0 fully saturated rings. The van der Waals surface area contributed by atoms with Crippen molar-refractivity contribution in [3.63, 3.8) is 0 Å². The smallest absolute Gasteiger partial charge is 0.413 e. The number of aromatic nitrogens is 3. The lowest BCUT2D eigenvalue weighted by molar-refractivity contribution is -0.137. The summed E-state index contributed by atoms with van der Waals surface area (Å²) < 4.78 is 9.29. The topological polar surface area (TPSA) is 106 Å². The van der Waals surface area contributed by atoms with Crippen molar-refractivity contribution in [3.8, 4) is 21.0 Å². The van der Waals surface area contributed by atoms with Crippen molar-refractivity contribution in [2.75, 3.05) is 5.32 Å². The molecule has 0 saturated heterocycles. The van der Waals surface area contributed by atoms with Gasteiger partial charge in [0.25, 0.3) is 0 Å². The average molecular weight is 595 g/mol. The number of rotatable bonds is 10. The van der Waals surface area contributed by atoms with E-state index in [0.29, 0.717) is 23.0 Å². The number of ether oxygens (including phenoxy) is 1. The summed E-state index contributed by atoms with van der Waals surface area (Å²) in [5.41, 5.74) is 3.54. The third-order valence-electron chi connectivity index (χ3n) is 6.46. The minimum Gasteiger partial charge on any atom is -0.481 e. The fraction of sp³-hybridized carbons (Fsp3) is 0.241. The Balaban J connectivity index is 1.29. The van der Waals surface area contributed by atoms with Crippen LogP contribution in [0.3, 0.4) is 0 Å². The Morgan fingerprint density at radius 2 is 1.77 bits per heavy atom. The molecule has 11 heteroatoms. The number of thiophene rings is 2. The number of halogens is 1. The van der Waals surface area contributed by atoms with Crippen LogP contribution in [0.25, 0.3) is 30.4 Å². The lowest BCUT2D eigenvalue weighted by Crippen LogP contribution is -2.18. The fourth-order valence-electron chi connectivity index (χ4n) is 4.33. The molecule has 0 saturated carbocycles. The zero-order chi connectivity index (χ0) is 28.2. The molecule has 40 heavy (non-hydrogen) atoms. The standard InChI is InChI=1S/C29H27ClN4O4S2/c1-17(18-8-4-3-5-9-18)38-29(37)31-28-27(32-33-34(28)2)25-16-24-23(40-25)15-22(39-24)20-13-12-19(21(30)14-20)10-6-7-11-26(35)36/h3-5,8-9,12-17H,6-7,10-11H2,1-2H3,(H,31,37)(H,35,36)/t17-/m1/s1. The summed E-state index contributed by atoms with van der Waals surface area (Å²) in [7, 11) is 1.72. The van der Waals surface area contributed by atoms with Gasteiger partial charge in [-0.3, -0.25) is 10.1 Å². The molecular formula is C29H27ClN4O4S2. The molecule has 5 aromatic rings. The molecule has 0 aliphatic heterocycles. The number of carboxylic acid groups (broad SMARTS) is 1. The number of hydrogen-bond donors (Lipinski definition) is 2. The van der Waals surface area contributed by atoms with Gasteiger partial charge in [-0.1, -0.05) is 59.3 Å². The van der Waals surface area contributed by atoms with Crippen LogP contribution < -0.4 is 5.32 Å². The molecule has 3 aromatic heterocycles. The molecule has 0 aliphatic carbocycles. The summed E-state index contributed by atoms with van der Waals surface area (Å²) in [5, 5.41) is 20.7. The molecule has 1 atom stereocenters. The van der Waals surface area contributed by atoms with Crippen LogP contribution in [0.5, 0.6) is 0 Å². The van der Waals surface area contributed by atoms with Gasteiger partial charge in [0.05, 0.1) is 4.88 Å². The van der Waals surface area contributed by atoms with Crippen LogP contribution in [0.15, 0.2) is 60.7 Å². The minimum atomic E-state index is -0.773. The first-order valence-corrected chi connectivity index (χ1v) is 14.8. The van der Waals surface area contributed by atoms with E-state index in [1.54, 1.807) is 29.7 Å². The summed E-state index contributed by atoms with van der Waals surface area (Å²) >= 11 is 9.79. The Bertz CT molecular complexity index is 1630. The normalized spacial score (nSPS) is 12.0. The molecule has 0 radical (unpaired) electrons. The Morgan fingerprint density at radius 1 is 1.05 bits per heavy atom. The highest BCUT2D eigenvalue weighted by Crippen LogP contribution is 2.43. The molecule has 2 aromatic carbocycles. The zero-order valence-corrected chi connectivity index (χ0v) is 24.3. The lowest BCUT2D eigenvalue weighted by Gasteiger charge is -2.14. The van der Waals surface area contributed by atoms with Crippen molar-refractivity contribution in [2.45, 2.75) is 38.7 Å². The van der Waals surface area contributed by atoms with Gasteiger partial charge in [0.15, 0.2) is 5.82 Å². The van der Waals surface area contributed by atoms with Crippen LogP contribution in [0.4, 0.5) is 10.6 Å². The van der Waals surface area contributed by atoms with Gasteiger partial charge in [-0.2, -0.15) is 0 Å². The Morgan fingerprint density at radius 3 is 2.50 bits per heavy atom. The van der Waals surface area contributed by atoms with E-state index < -0.39 is 18.2 Å². The lowest BCUT2D eigenvalue weighted by atomic mass is 10.0. The summed E-state index contributed by atoms with van der Waals surface area (Å²) in [6, 6.07) is 19.8. The average Bonchev–Trinajstić information content (AvgIpc) is 3.61. The summed E-state index contributed by atoms with van der Waals surface area (Å²) in [6.45, 7) is 1.82. The highest BCUT2D eigenvalue weighted by Gasteiger charge is 2.21. The Hall–Kier alpha value is -3.73. The van der Waals surface area contributed by atoms with Crippen LogP contribution in [0.1, 0.15) is 43.4 Å². The number of hydrogen-bond acceptors (Lipinski definition) is 7. The summed E-state index contributed by atoms with van der Waals surface area (Å²) in [4.78, 5) is 25.4. The molecule has 8 nitrogen and oxygen atoms in total. The van der Waals surface area contributed by atoms with Crippen molar-refractivity contribution in [1.82, 2.24) is 15.0 Å². The number of benzene rings is 2. The van der Waals surface area contributed by atoms with Crippen molar-refractivity contribution >= 4 is 61.6 Å². The minimum absolute atomic E-state index is 0.174. The predicted octanol–water partition coefficient (Wildman–Crippen LogP) is 8.19. The molecule has 0 spiro atoms. The molecule has 0 bridgehead atoms. The summed E-state index contributed by atoms with van der Waals surface area (Å²) in [5.74, 6) is -0.310. The molecule has 3 heterocycles. The van der Waals surface area contributed by atoms with Gasteiger partial charge in [0.2, 0.25) is 0 Å². The van der Waals surface area contributed by atoms with E-state index in [1.165, 1.54) is 4.68 Å². The van der Waals surface area contributed by atoms with Gasteiger partial charge >= 0.3 is 12.1 Å². The van der Waals surface area contributed by atoms with E-state index >= 15 is 0 Å². The Labute approximate surface area is 244 Å². The molecule has 0 aliphatic rings. The number of anilines is 1. The van der Waals surface area contributed by atoms with Crippen molar-refractivity contribution < 1.29 is 19.4 Å². The zero-order valence-electron chi connectivity index (χ0n) is 21.9. The van der Waals surface area contributed by atoms with Gasteiger partial charge in [0, 0.05) is 32.8 Å². The van der Waals surface area contributed by atoms with E-state index in [9.17, 15) is 9.59 Å². The van der Waals surface area contributed by atoms with Crippen LogP contribution in [-0.2, 0) is 23.0 Å². The van der Waals surface area contributed by atoms with E-state index in [-0.39, 0.29) is 6.42 Å². The number of nitrogens with one attached hydrogen (secondary N) is 1. The van der Waals surface area contributed by atoms with E-state index in [0.717, 1.165) is 48.7 Å². The number of nitrogens with zero attached hydrogens (tertiary/aromatic N) is 3. The van der Waals surface area contributed by atoms with Crippen LogP contribution in [-0.4, -0.2) is 32.2 Å². The SMILES string of the molecule is C[C@@H](OC(=O)Nc1c(-c2cc3sc(-c4ccc(CCCCC(=O)O)c(Cl)c4)cc3s2)nnn1C)c1ccccc1. The fourth-order valence-corrected chi connectivity index (χ4v) is 6.98. The summed E-state index contributed by atoms with van der Waals surface area (Å²) in [6.07, 6.45) is 1.36. The third kappa shape index (κ3) is 6.35. The van der Waals surface area contributed by atoms with Gasteiger partial charge in [-0.25, -0.2) is 9.48 Å². The first kappa shape index (κ1) is 27.8. The first-order valence-electron chi connectivity index (χ1n) is 12.7. The van der Waals surface area contributed by atoms with Crippen LogP contribution in [0.2, 0.25) is 5.02 Å². The second-order valence-corrected chi connectivity index (χ2v) is 11.9. The molecule has 2 N–H and O–H groups in total. The second-order valence-electron chi connectivity index (χ2n) is 9.35. The van der Waals surface area contributed by atoms with Gasteiger partial charge in [-0.05, 0) is 61.1 Å². The number of aryl methyl sites for hydroxylation is 2. The number of carbonyl (C=O) groups excluding carboxylic acids is 1. The molecular weight excluding hydrogens is 568 g/mol. The number of aliphatic carboxylic acids is 1. The highest BCUT2D eigenvalue weighted by atomic mass is 35.5. The van der Waals surface area contributed by atoms with Gasteiger partial charge in [0.1, 0.15) is 11.8 Å². The van der Waals surface area contributed by atoms with E-state index in [1.807, 2.05) is 49.4 Å². The molecule has 5 rings (SSSR count). The monoisotopic (exact) mass is 594 g/mol. The van der Waals surface area contributed by atoms with Gasteiger partial charge < -0.3 is 9.84 Å². The maximum absolute atomic E-state index is 12.7. The van der Waals surface area contributed by atoms with Crippen molar-refractivity contribution in [2.24, 2.45) is 7.05 Å². The van der Waals surface area contributed by atoms with E-state index in [4.69, 9.17) is 21.4 Å². The van der Waals surface area contributed by atoms with E-state index in [2.05, 4.69) is 33.8 Å². The van der Waals surface area contributed by atoms with Crippen LogP contribution >= 0.6 is 34.3 Å². The quantitative estimate of drug-likeness (QED) is 0.158. The maximum Gasteiger partial charge on any atom is 0.413 e. The van der Waals surface area contributed by atoms with Crippen molar-refractivity contribution in [3.05, 3.63) is 76.8 Å². The second kappa shape index (κ2) is 12.2. The number of amides is 1.